The van der Waals surface area contributed by atoms with Gasteiger partial charge in [-0.3, -0.25) is 14.4 Å². The molecule has 3 saturated heterocycles. The molecule has 1 amide bonds. The lowest BCUT2D eigenvalue weighted by Gasteiger charge is -2.65. The molecule has 2 saturated carbocycles. The highest BCUT2D eigenvalue weighted by Gasteiger charge is 2.86. The van der Waals surface area contributed by atoms with E-state index in [-0.39, 0.29) is 5.91 Å². The third-order valence-corrected chi connectivity index (χ3v) is 8.29. The number of aliphatic carboxylic acids is 1. The molecule has 1 N–H and O–H groups in total. The van der Waals surface area contributed by atoms with Gasteiger partial charge in [0.1, 0.15) is 5.60 Å². The van der Waals surface area contributed by atoms with Crippen molar-refractivity contribution in [3.05, 3.63) is 0 Å². The SMILES string of the molecule is CN1C(=O)[C@H]2[C@H]3C(=O)O[C@@]2(C)[C@]2(Br)CCC[C@@]12[C@@H]3C(=O)O. The summed E-state index contributed by atoms with van der Waals surface area (Å²) in [6.07, 6.45) is 2.08. The maximum atomic E-state index is 12.7. The van der Waals surface area contributed by atoms with Gasteiger partial charge in [0.15, 0.2) is 0 Å². The van der Waals surface area contributed by atoms with Gasteiger partial charge in [-0.1, -0.05) is 15.9 Å². The Morgan fingerprint density at radius 1 is 1.43 bits per heavy atom. The fourth-order valence-corrected chi connectivity index (χ4v) is 6.98. The molecule has 3 aliphatic heterocycles. The molecule has 3 heterocycles. The molecule has 114 valence electrons. The Morgan fingerprint density at radius 2 is 2.10 bits per heavy atom. The zero-order valence-electron chi connectivity index (χ0n) is 11.8. The first kappa shape index (κ1) is 13.5. The Labute approximate surface area is 129 Å². The molecule has 0 radical (unpaired) electrons. The predicted octanol–water partition coefficient (Wildman–Crippen LogP) is 0.777. The first-order chi connectivity index (χ1) is 9.72. The van der Waals surface area contributed by atoms with Crippen molar-refractivity contribution in [3.63, 3.8) is 0 Å². The quantitative estimate of drug-likeness (QED) is 0.553. The molecule has 0 aromatic heterocycles. The molecule has 0 unspecified atom stereocenters. The minimum Gasteiger partial charge on any atom is -0.481 e. The van der Waals surface area contributed by atoms with Crippen LogP contribution in [0.25, 0.3) is 0 Å². The summed E-state index contributed by atoms with van der Waals surface area (Å²) in [6.45, 7) is 1.79. The van der Waals surface area contributed by atoms with Crippen LogP contribution in [0, 0.1) is 17.8 Å². The van der Waals surface area contributed by atoms with E-state index >= 15 is 0 Å². The number of ether oxygens (including phenoxy) is 1. The second kappa shape index (κ2) is 3.45. The minimum absolute atomic E-state index is 0.164. The lowest BCUT2D eigenvalue weighted by Crippen LogP contribution is -2.83. The first-order valence-corrected chi connectivity index (χ1v) is 7.94. The molecule has 6 atom stereocenters. The van der Waals surface area contributed by atoms with Gasteiger partial charge in [-0.25, -0.2) is 0 Å². The topological polar surface area (TPSA) is 83.9 Å². The van der Waals surface area contributed by atoms with Gasteiger partial charge >= 0.3 is 11.9 Å². The number of hydrogen-bond acceptors (Lipinski definition) is 4. The maximum absolute atomic E-state index is 12.7. The Morgan fingerprint density at radius 3 is 2.71 bits per heavy atom. The maximum Gasteiger partial charge on any atom is 0.311 e. The van der Waals surface area contributed by atoms with Crippen LogP contribution in [0.1, 0.15) is 26.2 Å². The van der Waals surface area contributed by atoms with E-state index in [9.17, 15) is 19.5 Å². The van der Waals surface area contributed by atoms with Gasteiger partial charge in [-0.15, -0.1) is 0 Å². The standard InChI is InChI=1S/C14H16BrNO5/c1-12-7-6(11(20)21-12)8(10(18)19)13(16(2)9(7)17)4-3-5-14(12,13)15/h6-8H,3-5H2,1-2H3,(H,18,19)/t6-,7-,8+,12-,13+,14-/m1/s1. The van der Waals surface area contributed by atoms with E-state index in [4.69, 9.17) is 4.74 Å². The number of rotatable bonds is 1. The molecule has 2 aliphatic carbocycles. The normalized spacial score (nSPS) is 53.9. The van der Waals surface area contributed by atoms with Crippen LogP contribution in [-0.2, 0) is 19.1 Å². The number of carboxylic acid groups (broad SMARTS) is 1. The van der Waals surface area contributed by atoms with E-state index in [1.165, 1.54) is 0 Å². The smallest absolute Gasteiger partial charge is 0.311 e. The average molecular weight is 358 g/mol. The van der Waals surface area contributed by atoms with Crippen LogP contribution in [0.3, 0.4) is 0 Å². The Kier molecular flexibility index (Phi) is 2.22. The van der Waals surface area contributed by atoms with E-state index in [2.05, 4.69) is 15.9 Å². The van der Waals surface area contributed by atoms with Crippen LogP contribution in [-0.4, -0.2) is 50.4 Å². The largest absolute Gasteiger partial charge is 0.481 e. The van der Waals surface area contributed by atoms with Crippen molar-refractivity contribution in [2.45, 2.75) is 41.7 Å². The Bertz CT molecular complexity index is 608. The summed E-state index contributed by atoms with van der Waals surface area (Å²) in [5.41, 5.74) is -1.85. The van der Waals surface area contributed by atoms with E-state index in [0.717, 1.165) is 6.42 Å². The molecule has 7 heteroatoms. The number of carbonyl (C=O) groups excluding carboxylic acids is 2. The van der Waals surface area contributed by atoms with Gasteiger partial charge in [0.25, 0.3) is 0 Å². The molecule has 0 aromatic carbocycles. The fraction of sp³-hybridized carbons (Fsp3) is 0.786. The van der Waals surface area contributed by atoms with Crippen LogP contribution in [0.4, 0.5) is 0 Å². The molecule has 5 fully saturated rings. The number of nitrogens with zero attached hydrogens (tertiary/aromatic N) is 1. The Hall–Kier alpha value is -1.11. The Balaban J connectivity index is 2.07. The van der Waals surface area contributed by atoms with Crippen LogP contribution in [0.2, 0.25) is 0 Å². The summed E-state index contributed by atoms with van der Waals surface area (Å²) >= 11 is 3.75. The van der Waals surface area contributed by atoms with Crippen LogP contribution >= 0.6 is 15.9 Å². The molecule has 1 spiro atoms. The number of fused-ring (bicyclic) bond motifs is 1. The van der Waals surface area contributed by atoms with Gasteiger partial charge in [0.2, 0.25) is 5.91 Å². The van der Waals surface area contributed by atoms with Crippen LogP contribution < -0.4 is 0 Å². The number of hydrogen-bond donors (Lipinski definition) is 1. The zero-order valence-corrected chi connectivity index (χ0v) is 13.3. The molecule has 0 aromatic rings. The highest BCUT2D eigenvalue weighted by atomic mass is 79.9. The van der Waals surface area contributed by atoms with Gasteiger partial charge in [-0.2, -0.15) is 0 Å². The van der Waals surface area contributed by atoms with Gasteiger partial charge < -0.3 is 14.7 Å². The summed E-state index contributed by atoms with van der Waals surface area (Å²) in [6, 6.07) is 0. The number of piperidine rings is 2. The van der Waals surface area contributed by atoms with Crippen molar-refractivity contribution < 1.29 is 24.2 Å². The number of carboxylic acids is 1. The van der Waals surface area contributed by atoms with Crippen molar-refractivity contribution in [1.82, 2.24) is 4.90 Å². The fourth-order valence-electron chi connectivity index (χ4n) is 5.66. The van der Waals surface area contributed by atoms with Crippen molar-refractivity contribution in [2.24, 2.45) is 17.8 Å². The number of carbonyl (C=O) groups is 3. The van der Waals surface area contributed by atoms with E-state index in [1.807, 2.05) is 0 Å². The summed E-state index contributed by atoms with van der Waals surface area (Å²) in [5, 5.41) is 9.78. The zero-order chi connectivity index (χ0) is 15.4. The number of alkyl halides is 1. The van der Waals surface area contributed by atoms with Gasteiger partial charge in [0, 0.05) is 7.05 Å². The molecular weight excluding hydrogens is 342 g/mol. The van der Waals surface area contributed by atoms with E-state index < -0.39 is 45.2 Å². The third kappa shape index (κ3) is 1.04. The minimum atomic E-state index is -1.02. The van der Waals surface area contributed by atoms with E-state index in [0.29, 0.717) is 12.8 Å². The number of halogens is 1. The lowest BCUT2D eigenvalue weighted by molar-refractivity contribution is -0.197. The van der Waals surface area contributed by atoms with Crippen LogP contribution in [0.5, 0.6) is 0 Å². The van der Waals surface area contributed by atoms with Crippen molar-refractivity contribution in [2.75, 3.05) is 7.05 Å². The summed E-state index contributed by atoms with van der Waals surface area (Å²) < 4.78 is 4.93. The van der Waals surface area contributed by atoms with Crippen LogP contribution in [0.15, 0.2) is 0 Å². The average Bonchev–Trinajstić information content (AvgIpc) is 2.86. The predicted molar refractivity (Wildman–Crippen MR) is 73.6 cm³/mol. The third-order valence-electron chi connectivity index (χ3n) is 6.42. The first-order valence-electron chi connectivity index (χ1n) is 7.14. The monoisotopic (exact) mass is 357 g/mol. The molecule has 4 bridgehead atoms. The lowest BCUT2D eigenvalue weighted by atomic mass is 9.50. The molecule has 5 rings (SSSR count). The molecular formula is C14H16BrNO5. The summed E-state index contributed by atoms with van der Waals surface area (Å²) in [5.74, 6) is -4.20. The summed E-state index contributed by atoms with van der Waals surface area (Å²) in [4.78, 5) is 38.6. The van der Waals surface area contributed by atoms with Crippen molar-refractivity contribution >= 4 is 33.8 Å². The second-order valence-electron chi connectivity index (χ2n) is 6.82. The number of esters is 1. The molecule has 21 heavy (non-hydrogen) atoms. The van der Waals surface area contributed by atoms with Gasteiger partial charge in [-0.05, 0) is 26.2 Å². The second-order valence-corrected chi connectivity index (χ2v) is 8.18. The van der Waals surface area contributed by atoms with E-state index in [1.54, 1.807) is 18.9 Å². The van der Waals surface area contributed by atoms with Gasteiger partial charge in [0.05, 0.1) is 27.6 Å². The van der Waals surface area contributed by atoms with Crippen molar-refractivity contribution in [3.8, 4) is 0 Å². The highest BCUT2D eigenvalue weighted by molar-refractivity contribution is 9.10. The summed E-state index contributed by atoms with van der Waals surface area (Å²) in [7, 11) is 1.66. The molecule has 6 nitrogen and oxygen atoms in total. The van der Waals surface area contributed by atoms with Crippen molar-refractivity contribution in [1.29, 1.82) is 0 Å². The molecule has 5 aliphatic rings. The highest BCUT2D eigenvalue weighted by Crippen LogP contribution is 2.72. The number of amides is 1.